The minimum absolute atomic E-state index is 0.470. The van der Waals surface area contributed by atoms with Gasteiger partial charge >= 0.3 is 0 Å². The monoisotopic (exact) mass is 319 g/mol. The Kier molecular flexibility index (Phi) is 4.21. The van der Waals surface area contributed by atoms with E-state index < -0.39 is 0 Å². The summed E-state index contributed by atoms with van der Waals surface area (Å²) in [7, 11) is 5.10. The zero-order chi connectivity index (χ0) is 17.1. The van der Waals surface area contributed by atoms with E-state index in [1.807, 2.05) is 48.0 Å². The second-order valence-electron chi connectivity index (χ2n) is 5.26. The number of nitrogens with zero attached hydrogens (tertiary/aromatic N) is 3. The molecule has 0 atom stereocenters. The van der Waals surface area contributed by atoms with Crippen molar-refractivity contribution in [2.75, 3.05) is 14.2 Å². The maximum atomic E-state index is 9.62. The van der Waals surface area contributed by atoms with E-state index in [1.165, 1.54) is 0 Å². The fourth-order valence-electron chi connectivity index (χ4n) is 2.63. The molecule has 1 heterocycles. The van der Waals surface area contributed by atoms with Crippen LogP contribution < -0.4 is 9.47 Å². The third-order valence-electron chi connectivity index (χ3n) is 3.89. The molecule has 0 radical (unpaired) electrons. The van der Waals surface area contributed by atoms with Crippen molar-refractivity contribution in [1.82, 2.24) is 9.55 Å². The van der Waals surface area contributed by atoms with E-state index in [2.05, 4.69) is 11.1 Å². The van der Waals surface area contributed by atoms with Gasteiger partial charge in [-0.05, 0) is 30.3 Å². The number of aryl methyl sites for hydroxylation is 1. The van der Waals surface area contributed by atoms with Crippen LogP contribution in [0.5, 0.6) is 11.5 Å². The Hall–Kier alpha value is -3.26. The smallest absolute Gasteiger partial charge is 0.151 e. The van der Waals surface area contributed by atoms with Crippen LogP contribution >= 0.6 is 0 Å². The summed E-state index contributed by atoms with van der Waals surface area (Å²) < 4.78 is 12.5. The molecular weight excluding hydrogens is 302 g/mol. The zero-order valence-electron chi connectivity index (χ0n) is 13.8. The third-order valence-corrected chi connectivity index (χ3v) is 3.89. The number of nitriles is 1. The summed E-state index contributed by atoms with van der Waals surface area (Å²) in [6.07, 6.45) is 1.78. The van der Waals surface area contributed by atoms with E-state index in [1.54, 1.807) is 26.4 Å². The Morgan fingerprint density at radius 2 is 1.96 bits per heavy atom. The summed E-state index contributed by atoms with van der Waals surface area (Å²) in [5.41, 5.74) is 3.10. The summed E-state index contributed by atoms with van der Waals surface area (Å²) in [6.45, 7) is 0. The lowest BCUT2D eigenvalue weighted by Gasteiger charge is -2.08. The van der Waals surface area contributed by atoms with Gasteiger partial charge in [0.2, 0.25) is 0 Å². The summed E-state index contributed by atoms with van der Waals surface area (Å²) in [6, 6.07) is 15.5. The van der Waals surface area contributed by atoms with Crippen LogP contribution in [0.3, 0.4) is 0 Å². The van der Waals surface area contributed by atoms with E-state index >= 15 is 0 Å². The Bertz CT molecular complexity index is 964. The van der Waals surface area contributed by atoms with Gasteiger partial charge in [-0.25, -0.2) is 4.98 Å². The van der Waals surface area contributed by atoms with Crippen LogP contribution in [-0.2, 0) is 7.05 Å². The largest absolute Gasteiger partial charge is 0.497 e. The molecule has 5 nitrogen and oxygen atoms in total. The first-order valence-electron chi connectivity index (χ1n) is 7.43. The average molecular weight is 319 g/mol. The van der Waals surface area contributed by atoms with Crippen LogP contribution in [0.2, 0.25) is 0 Å². The van der Waals surface area contributed by atoms with Gasteiger partial charge < -0.3 is 14.0 Å². The van der Waals surface area contributed by atoms with Crippen LogP contribution in [0, 0.1) is 11.3 Å². The number of rotatable bonds is 4. The molecule has 0 fully saturated rings. The lowest BCUT2D eigenvalue weighted by molar-refractivity contribution is 0.394. The Morgan fingerprint density at radius 3 is 2.62 bits per heavy atom. The third kappa shape index (κ3) is 2.70. The van der Waals surface area contributed by atoms with Crippen LogP contribution in [0.1, 0.15) is 11.4 Å². The number of allylic oxidation sites excluding steroid dienone is 1. The molecule has 0 N–H and O–H groups in total. The van der Waals surface area contributed by atoms with Gasteiger partial charge in [-0.3, -0.25) is 0 Å². The minimum Gasteiger partial charge on any atom is -0.497 e. The van der Waals surface area contributed by atoms with Crippen molar-refractivity contribution in [2.24, 2.45) is 7.05 Å². The summed E-state index contributed by atoms with van der Waals surface area (Å²) in [5, 5.41) is 9.62. The molecule has 0 bridgehead atoms. The molecule has 0 aliphatic carbocycles. The number of ether oxygens (including phenoxy) is 2. The lowest BCUT2D eigenvalue weighted by atomic mass is 10.1. The standard InChI is InChI=1S/C19H17N3O2/c1-22-17-7-5-4-6-16(17)21-19(22)14(12-20)10-13-8-9-15(23-2)11-18(13)24-3/h4-11H,1-3H3/b14-10+. The first-order valence-corrected chi connectivity index (χ1v) is 7.43. The van der Waals surface area contributed by atoms with Crippen molar-refractivity contribution in [3.05, 3.63) is 53.9 Å². The number of hydrogen-bond acceptors (Lipinski definition) is 4. The molecule has 5 heteroatoms. The number of benzene rings is 2. The average Bonchev–Trinajstić information content (AvgIpc) is 2.96. The van der Waals surface area contributed by atoms with E-state index in [4.69, 9.17) is 9.47 Å². The topological polar surface area (TPSA) is 60.1 Å². The minimum atomic E-state index is 0.470. The van der Waals surface area contributed by atoms with Gasteiger partial charge in [0.25, 0.3) is 0 Å². The predicted molar refractivity (Wildman–Crippen MR) is 93.7 cm³/mol. The molecular formula is C19H17N3O2. The lowest BCUT2D eigenvalue weighted by Crippen LogP contribution is -1.96. The number of para-hydroxylation sites is 2. The van der Waals surface area contributed by atoms with Crippen molar-refractivity contribution < 1.29 is 9.47 Å². The van der Waals surface area contributed by atoms with Crippen molar-refractivity contribution >= 4 is 22.7 Å². The molecule has 0 aliphatic rings. The number of aromatic nitrogens is 2. The van der Waals surface area contributed by atoms with E-state index in [-0.39, 0.29) is 0 Å². The molecule has 0 amide bonds. The second kappa shape index (κ2) is 6.47. The highest BCUT2D eigenvalue weighted by Gasteiger charge is 2.13. The molecule has 24 heavy (non-hydrogen) atoms. The first-order chi connectivity index (χ1) is 11.7. The van der Waals surface area contributed by atoms with Gasteiger partial charge in [0.05, 0.1) is 30.8 Å². The van der Waals surface area contributed by atoms with Crippen LogP contribution in [0.25, 0.3) is 22.7 Å². The van der Waals surface area contributed by atoms with E-state index in [0.717, 1.165) is 16.6 Å². The number of fused-ring (bicyclic) bond motifs is 1. The Labute approximate surface area is 140 Å². The summed E-state index contributed by atoms with van der Waals surface area (Å²) in [4.78, 5) is 4.58. The van der Waals surface area contributed by atoms with Gasteiger partial charge in [-0.15, -0.1) is 0 Å². The van der Waals surface area contributed by atoms with E-state index in [0.29, 0.717) is 22.9 Å². The molecule has 0 saturated heterocycles. The number of methoxy groups -OCH3 is 2. The summed E-state index contributed by atoms with van der Waals surface area (Å²) in [5.74, 6) is 1.96. The molecule has 3 rings (SSSR count). The highest BCUT2D eigenvalue weighted by Crippen LogP contribution is 2.29. The fourth-order valence-corrected chi connectivity index (χ4v) is 2.63. The molecule has 120 valence electrons. The highest BCUT2D eigenvalue weighted by molar-refractivity contribution is 5.91. The van der Waals surface area contributed by atoms with Crippen molar-refractivity contribution in [2.45, 2.75) is 0 Å². The normalized spacial score (nSPS) is 11.3. The van der Waals surface area contributed by atoms with Crippen LogP contribution in [0.15, 0.2) is 42.5 Å². The number of hydrogen-bond donors (Lipinski definition) is 0. The Morgan fingerprint density at radius 1 is 1.17 bits per heavy atom. The molecule has 1 aromatic heterocycles. The van der Waals surface area contributed by atoms with Gasteiger partial charge in [-0.1, -0.05) is 12.1 Å². The van der Waals surface area contributed by atoms with E-state index in [9.17, 15) is 5.26 Å². The number of imidazole rings is 1. The maximum absolute atomic E-state index is 9.62. The van der Waals surface area contributed by atoms with Crippen LogP contribution in [-0.4, -0.2) is 23.8 Å². The summed E-state index contributed by atoms with van der Waals surface area (Å²) >= 11 is 0. The SMILES string of the molecule is COc1ccc(/C=C(\C#N)c2nc3ccccc3n2C)c(OC)c1. The first kappa shape index (κ1) is 15.6. The van der Waals surface area contributed by atoms with Gasteiger partial charge in [0.15, 0.2) is 5.82 Å². The highest BCUT2D eigenvalue weighted by atomic mass is 16.5. The van der Waals surface area contributed by atoms with Crippen LogP contribution in [0.4, 0.5) is 0 Å². The second-order valence-corrected chi connectivity index (χ2v) is 5.26. The zero-order valence-corrected chi connectivity index (χ0v) is 13.8. The fraction of sp³-hybridized carbons (Fsp3) is 0.158. The molecule has 2 aromatic carbocycles. The van der Waals surface area contributed by atoms with Crippen molar-refractivity contribution in [3.8, 4) is 17.6 Å². The predicted octanol–water partition coefficient (Wildman–Crippen LogP) is 3.65. The quantitative estimate of drug-likeness (QED) is 0.689. The molecule has 0 saturated carbocycles. The van der Waals surface area contributed by atoms with Gasteiger partial charge in [0.1, 0.15) is 17.6 Å². The van der Waals surface area contributed by atoms with Gasteiger partial charge in [-0.2, -0.15) is 5.26 Å². The van der Waals surface area contributed by atoms with Gasteiger partial charge in [0, 0.05) is 18.7 Å². The molecule has 3 aromatic rings. The molecule has 0 spiro atoms. The molecule has 0 unspecified atom stereocenters. The molecule has 0 aliphatic heterocycles. The van der Waals surface area contributed by atoms with Crippen molar-refractivity contribution in [1.29, 1.82) is 5.26 Å². The maximum Gasteiger partial charge on any atom is 0.151 e. The van der Waals surface area contributed by atoms with Crippen molar-refractivity contribution in [3.63, 3.8) is 0 Å². The Balaban J connectivity index is 2.13.